The molecule has 3 N–H and O–H groups in total. The molecule has 1 heterocycles. The first-order valence-corrected chi connectivity index (χ1v) is 7.45. The average Bonchev–Trinajstić information content (AvgIpc) is 2.65. The molecule has 2 aromatic rings. The van der Waals surface area contributed by atoms with E-state index in [4.69, 9.17) is 5.73 Å². The minimum atomic E-state index is -0.524. The number of nitrogens with two attached hydrogens (primary N) is 1. The first kappa shape index (κ1) is 17.9. The van der Waals surface area contributed by atoms with Crippen molar-refractivity contribution in [2.45, 2.75) is 0 Å². The number of rotatable bonds is 5. The zero-order chi connectivity index (χ0) is 18.4. The molecule has 2 rings (SSSR count). The lowest BCUT2D eigenvalue weighted by atomic mass is 10.1. The minimum absolute atomic E-state index is 0.249. The maximum Gasteiger partial charge on any atom is 0.252 e. The molecule has 128 valence electrons. The summed E-state index contributed by atoms with van der Waals surface area (Å²) in [5, 5.41) is 2.51. The van der Waals surface area contributed by atoms with Gasteiger partial charge in [0, 0.05) is 43.8 Å². The van der Waals surface area contributed by atoms with E-state index in [1.165, 1.54) is 24.2 Å². The molecule has 3 amide bonds. The van der Waals surface area contributed by atoms with Gasteiger partial charge in [-0.05, 0) is 42.0 Å². The number of aromatic nitrogens is 1. The predicted molar refractivity (Wildman–Crippen MR) is 95.0 cm³/mol. The van der Waals surface area contributed by atoms with Gasteiger partial charge in [0.25, 0.3) is 11.8 Å². The third kappa shape index (κ3) is 4.51. The van der Waals surface area contributed by atoms with Crippen LogP contribution < -0.4 is 16.0 Å². The Kier molecular flexibility index (Phi) is 5.62. The van der Waals surface area contributed by atoms with Gasteiger partial charge in [-0.1, -0.05) is 0 Å². The SMILES string of the molecule is CNC(=O)c1cncc(C=CC(=O)N(C)c2ccc(C(N)=O)cc2)c1. The topological polar surface area (TPSA) is 105 Å². The summed E-state index contributed by atoms with van der Waals surface area (Å²) in [6.07, 6.45) is 5.96. The number of hydrogen-bond acceptors (Lipinski definition) is 4. The van der Waals surface area contributed by atoms with Crippen molar-refractivity contribution >= 4 is 29.5 Å². The van der Waals surface area contributed by atoms with Crippen molar-refractivity contribution in [1.29, 1.82) is 0 Å². The molecule has 0 saturated heterocycles. The van der Waals surface area contributed by atoms with Crippen LogP contribution in [0.15, 0.2) is 48.8 Å². The third-order valence-corrected chi connectivity index (χ3v) is 3.54. The number of nitrogens with one attached hydrogen (secondary N) is 1. The van der Waals surface area contributed by atoms with E-state index in [9.17, 15) is 14.4 Å². The van der Waals surface area contributed by atoms with Crippen LogP contribution in [0.3, 0.4) is 0 Å². The van der Waals surface area contributed by atoms with Crippen molar-refractivity contribution in [3.63, 3.8) is 0 Å². The van der Waals surface area contributed by atoms with Gasteiger partial charge in [0.2, 0.25) is 5.91 Å². The monoisotopic (exact) mass is 338 g/mol. The number of hydrogen-bond donors (Lipinski definition) is 2. The second-order valence-corrected chi connectivity index (χ2v) is 5.23. The first-order chi connectivity index (χ1) is 11.9. The zero-order valence-electron chi connectivity index (χ0n) is 13.9. The van der Waals surface area contributed by atoms with Gasteiger partial charge in [0.05, 0.1) is 5.56 Å². The van der Waals surface area contributed by atoms with Gasteiger partial charge >= 0.3 is 0 Å². The number of primary amides is 1. The van der Waals surface area contributed by atoms with E-state index in [1.807, 2.05) is 0 Å². The molecule has 0 aliphatic carbocycles. The minimum Gasteiger partial charge on any atom is -0.366 e. The molecule has 7 nitrogen and oxygen atoms in total. The average molecular weight is 338 g/mol. The number of anilines is 1. The molecule has 1 aromatic heterocycles. The lowest BCUT2D eigenvalue weighted by molar-refractivity contribution is -0.113. The quantitative estimate of drug-likeness (QED) is 0.800. The largest absolute Gasteiger partial charge is 0.366 e. The van der Waals surface area contributed by atoms with Crippen molar-refractivity contribution in [3.8, 4) is 0 Å². The molecule has 0 saturated carbocycles. The number of likely N-dealkylation sites (N-methyl/N-ethyl adjacent to an activating group) is 1. The molecule has 7 heteroatoms. The number of benzene rings is 1. The second-order valence-electron chi connectivity index (χ2n) is 5.23. The van der Waals surface area contributed by atoms with Crippen LogP contribution in [-0.2, 0) is 4.79 Å². The predicted octanol–water partition coefficient (Wildman–Crippen LogP) is 1.22. The van der Waals surface area contributed by atoms with Gasteiger partial charge in [-0.3, -0.25) is 19.4 Å². The second kappa shape index (κ2) is 7.87. The normalized spacial score (nSPS) is 10.5. The molecule has 0 unspecified atom stereocenters. The Hall–Kier alpha value is -3.48. The van der Waals surface area contributed by atoms with E-state index >= 15 is 0 Å². The van der Waals surface area contributed by atoms with E-state index < -0.39 is 5.91 Å². The highest BCUT2D eigenvalue weighted by Crippen LogP contribution is 2.14. The fraction of sp³-hybridized carbons (Fsp3) is 0.111. The Morgan fingerprint density at radius 3 is 2.40 bits per heavy atom. The Labute approximate surface area is 145 Å². The van der Waals surface area contributed by atoms with Gasteiger partial charge in [0.1, 0.15) is 0 Å². The summed E-state index contributed by atoms with van der Waals surface area (Å²) < 4.78 is 0. The van der Waals surface area contributed by atoms with Crippen molar-refractivity contribution in [2.75, 3.05) is 19.0 Å². The molecule has 0 aliphatic heterocycles. The van der Waals surface area contributed by atoms with Crippen LogP contribution >= 0.6 is 0 Å². The van der Waals surface area contributed by atoms with Crippen molar-refractivity contribution in [3.05, 3.63) is 65.5 Å². The van der Waals surface area contributed by atoms with Gasteiger partial charge in [-0.2, -0.15) is 0 Å². The highest BCUT2D eigenvalue weighted by molar-refractivity contribution is 6.04. The number of nitrogens with zero attached hydrogens (tertiary/aromatic N) is 2. The summed E-state index contributed by atoms with van der Waals surface area (Å²) >= 11 is 0. The fourth-order valence-corrected chi connectivity index (χ4v) is 2.07. The number of amides is 3. The number of carbonyl (C=O) groups is 3. The van der Waals surface area contributed by atoms with Gasteiger partial charge < -0.3 is 16.0 Å². The van der Waals surface area contributed by atoms with Gasteiger partial charge in [0.15, 0.2) is 0 Å². The molecule has 0 atom stereocenters. The molecular weight excluding hydrogens is 320 g/mol. The van der Waals surface area contributed by atoms with E-state index in [0.29, 0.717) is 22.4 Å². The summed E-state index contributed by atoms with van der Waals surface area (Å²) in [5.74, 6) is -1.04. The molecule has 0 fully saturated rings. The molecular formula is C18H18N4O3. The smallest absolute Gasteiger partial charge is 0.252 e. The number of carbonyl (C=O) groups excluding carboxylic acids is 3. The van der Waals surface area contributed by atoms with Crippen LogP contribution in [0.4, 0.5) is 5.69 Å². The third-order valence-electron chi connectivity index (χ3n) is 3.54. The van der Waals surface area contributed by atoms with Gasteiger partial charge in [-0.25, -0.2) is 0 Å². The Bertz CT molecular complexity index is 828. The molecule has 25 heavy (non-hydrogen) atoms. The number of pyridine rings is 1. The molecule has 0 bridgehead atoms. The highest BCUT2D eigenvalue weighted by Gasteiger charge is 2.09. The summed E-state index contributed by atoms with van der Waals surface area (Å²) in [6.45, 7) is 0. The molecule has 1 aromatic carbocycles. The first-order valence-electron chi connectivity index (χ1n) is 7.45. The lowest BCUT2D eigenvalue weighted by Gasteiger charge is -2.15. The van der Waals surface area contributed by atoms with Crippen molar-refractivity contribution in [2.24, 2.45) is 5.73 Å². The summed E-state index contributed by atoms with van der Waals surface area (Å²) in [4.78, 5) is 40.3. The summed E-state index contributed by atoms with van der Waals surface area (Å²) in [6, 6.07) is 8.03. The van der Waals surface area contributed by atoms with E-state index in [1.54, 1.807) is 49.7 Å². The maximum absolute atomic E-state index is 12.3. The summed E-state index contributed by atoms with van der Waals surface area (Å²) in [7, 11) is 3.15. The van der Waals surface area contributed by atoms with Crippen molar-refractivity contribution < 1.29 is 14.4 Å². The molecule has 0 spiro atoms. The van der Waals surface area contributed by atoms with Crippen LogP contribution in [0.1, 0.15) is 26.3 Å². The fourth-order valence-electron chi connectivity index (χ4n) is 2.07. The zero-order valence-corrected chi connectivity index (χ0v) is 13.9. The van der Waals surface area contributed by atoms with E-state index in [0.717, 1.165) is 0 Å². The highest BCUT2D eigenvalue weighted by atomic mass is 16.2. The Balaban J connectivity index is 2.11. The Morgan fingerprint density at radius 2 is 1.80 bits per heavy atom. The molecule has 0 aliphatic rings. The molecule has 0 radical (unpaired) electrons. The summed E-state index contributed by atoms with van der Waals surface area (Å²) in [5.41, 5.74) is 7.23. The van der Waals surface area contributed by atoms with Crippen LogP contribution in [0, 0.1) is 0 Å². The van der Waals surface area contributed by atoms with Gasteiger partial charge in [-0.15, -0.1) is 0 Å². The van der Waals surface area contributed by atoms with Crippen LogP contribution in [0.5, 0.6) is 0 Å². The van der Waals surface area contributed by atoms with Crippen LogP contribution in [0.2, 0.25) is 0 Å². The maximum atomic E-state index is 12.3. The van der Waals surface area contributed by atoms with E-state index in [2.05, 4.69) is 10.3 Å². The van der Waals surface area contributed by atoms with Crippen molar-refractivity contribution in [1.82, 2.24) is 10.3 Å². The van der Waals surface area contributed by atoms with Crippen LogP contribution in [0.25, 0.3) is 6.08 Å². The van der Waals surface area contributed by atoms with E-state index in [-0.39, 0.29) is 11.8 Å². The van der Waals surface area contributed by atoms with Crippen LogP contribution in [-0.4, -0.2) is 36.8 Å². The Morgan fingerprint density at radius 1 is 1.12 bits per heavy atom. The standard InChI is InChI=1S/C18H18N4O3/c1-20-18(25)14-9-12(10-21-11-14)3-8-16(23)22(2)15-6-4-13(5-7-15)17(19)24/h3-11H,1-2H3,(H2,19,24)(H,20,25). The lowest BCUT2D eigenvalue weighted by Crippen LogP contribution is -2.24.